The first-order valence-corrected chi connectivity index (χ1v) is 6.98. The molecule has 0 saturated heterocycles. The van der Waals surface area contributed by atoms with Gasteiger partial charge in [0.2, 0.25) is 0 Å². The van der Waals surface area contributed by atoms with Crippen LogP contribution in [0.4, 0.5) is 0 Å². The second-order valence-corrected chi connectivity index (χ2v) is 5.05. The van der Waals surface area contributed by atoms with Crippen molar-refractivity contribution < 1.29 is 0 Å². The molecule has 0 amide bonds. The summed E-state index contributed by atoms with van der Waals surface area (Å²) in [7, 11) is 0. The molecule has 21 heavy (non-hydrogen) atoms. The first-order chi connectivity index (χ1) is 10.3. The minimum atomic E-state index is 0.0251. The smallest absolute Gasteiger partial charge is 0.115 e. The molecule has 0 aliphatic heterocycles. The van der Waals surface area contributed by atoms with Gasteiger partial charge in [-0.25, -0.2) is 9.97 Å². The van der Waals surface area contributed by atoms with Gasteiger partial charge in [0.05, 0.1) is 0 Å². The standard InChI is InChI=1S/C18H17N3/c19-18(16-4-2-1-3-5-16)10-14-6-8-15(9-7-14)17-11-20-13-21-12-17/h1-9,11-13,18H,10,19H2. The zero-order valence-corrected chi connectivity index (χ0v) is 11.7. The van der Waals surface area contributed by atoms with Crippen molar-refractivity contribution in [2.24, 2.45) is 5.73 Å². The van der Waals surface area contributed by atoms with Crippen LogP contribution in [0, 0.1) is 0 Å². The summed E-state index contributed by atoms with van der Waals surface area (Å²) in [5, 5.41) is 0. The lowest BCUT2D eigenvalue weighted by atomic mass is 9.98. The van der Waals surface area contributed by atoms with Crippen molar-refractivity contribution in [3.8, 4) is 11.1 Å². The molecule has 2 aromatic carbocycles. The van der Waals surface area contributed by atoms with Crippen LogP contribution >= 0.6 is 0 Å². The first-order valence-electron chi connectivity index (χ1n) is 6.98. The van der Waals surface area contributed by atoms with E-state index in [0.717, 1.165) is 23.1 Å². The van der Waals surface area contributed by atoms with E-state index >= 15 is 0 Å². The Bertz CT molecular complexity index is 679. The van der Waals surface area contributed by atoms with Crippen LogP contribution < -0.4 is 5.73 Å². The Hall–Kier alpha value is -2.52. The topological polar surface area (TPSA) is 51.8 Å². The highest BCUT2D eigenvalue weighted by Gasteiger charge is 2.06. The summed E-state index contributed by atoms with van der Waals surface area (Å²) >= 11 is 0. The summed E-state index contributed by atoms with van der Waals surface area (Å²) in [6.45, 7) is 0. The normalized spacial score (nSPS) is 12.0. The molecule has 3 heteroatoms. The van der Waals surface area contributed by atoms with Gasteiger partial charge < -0.3 is 5.73 Å². The molecule has 1 aromatic heterocycles. The molecule has 0 saturated carbocycles. The quantitative estimate of drug-likeness (QED) is 0.794. The molecule has 0 aliphatic rings. The molecule has 104 valence electrons. The molecule has 3 rings (SSSR count). The molecule has 1 heterocycles. The van der Waals surface area contributed by atoms with Gasteiger partial charge in [-0.2, -0.15) is 0 Å². The maximum absolute atomic E-state index is 6.26. The Kier molecular flexibility index (Phi) is 4.03. The summed E-state index contributed by atoms with van der Waals surface area (Å²) in [6.07, 6.45) is 6.00. The Morgan fingerprint density at radius 3 is 2.14 bits per heavy atom. The van der Waals surface area contributed by atoms with Gasteiger partial charge in [0.1, 0.15) is 6.33 Å². The number of benzene rings is 2. The van der Waals surface area contributed by atoms with E-state index in [1.807, 2.05) is 30.6 Å². The van der Waals surface area contributed by atoms with E-state index in [4.69, 9.17) is 5.73 Å². The largest absolute Gasteiger partial charge is 0.324 e. The number of rotatable bonds is 4. The Morgan fingerprint density at radius 2 is 1.48 bits per heavy atom. The fourth-order valence-corrected chi connectivity index (χ4v) is 2.35. The van der Waals surface area contributed by atoms with Crippen LogP contribution in [0.5, 0.6) is 0 Å². The maximum Gasteiger partial charge on any atom is 0.115 e. The van der Waals surface area contributed by atoms with E-state index in [9.17, 15) is 0 Å². The minimum Gasteiger partial charge on any atom is -0.324 e. The van der Waals surface area contributed by atoms with Crippen molar-refractivity contribution in [1.29, 1.82) is 0 Å². The summed E-state index contributed by atoms with van der Waals surface area (Å²) in [5.41, 5.74) is 10.8. The molecule has 0 radical (unpaired) electrons. The van der Waals surface area contributed by atoms with Crippen LogP contribution in [0.15, 0.2) is 73.3 Å². The van der Waals surface area contributed by atoms with E-state index in [0.29, 0.717) is 0 Å². The monoisotopic (exact) mass is 275 g/mol. The van der Waals surface area contributed by atoms with Crippen LogP contribution in [-0.4, -0.2) is 9.97 Å². The van der Waals surface area contributed by atoms with E-state index < -0.39 is 0 Å². The van der Waals surface area contributed by atoms with E-state index in [-0.39, 0.29) is 6.04 Å². The number of hydrogen-bond donors (Lipinski definition) is 1. The number of nitrogens with two attached hydrogens (primary N) is 1. The molecule has 3 aromatic rings. The predicted molar refractivity (Wildman–Crippen MR) is 84.5 cm³/mol. The van der Waals surface area contributed by atoms with Crippen molar-refractivity contribution >= 4 is 0 Å². The molecule has 1 atom stereocenters. The highest BCUT2D eigenvalue weighted by molar-refractivity contribution is 5.61. The van der Waals surface area contributed by atoms with Crippen LogP contribution in [0.3, 0.4) is 0 Å². The van der Waals surface area contributed by atoms with Gasteiger partial charge in [-0.05, 0) is 23.1 Å². The second kappa shape index (κ2) is 6.29. The van der Waals surface area contributed by atoms with Crippen LogP contribution in [-0.2, 0) is 6.42 Å². The molecular formula is C18H17N3. The summed E-state index contributed by atoms with van der Waals surface area (Å²) in [4.78, 5) is 8.08. The third kappa shape index (κ3) is 3.33. The first kappa shape index (κ1) is 13.5. The third-order valence-electron chi connectivity index (χ3n) is 3.53. The lowest BCUT2D eigenvalue weighted by Crippen LogP contribution is -2.13. The zero-order chi connectivity index (χ0) is 14.5. The third-order valence-corrected chi connectivity index (χ3v) is 3.53. The predicted octanol–water partition coefficient (Wildman–Crippen LogP) is 3.39. The summed E-state index contributed by atoms with van der Waals surface area (Å²) in [5.74, 6) is 0. The second-order valence-electron chi connectivity index (χ2n) is 5.05. The van der Waals surface area contributed by atoms with E-state index in [1.165, 1.54) is 11.9 Å². The van der Waals surface area contributed by atoms with E-state index in [1.54, 1.807) is 0 Å². The zero-order valence-electron chi connectivity index (χ0n) is 11.7. The molecule has 0 spiro atoms. The lowest BCUT2D eigenvalue weighted by Gasteiger charge is -2.12. The molecule has 0 fully saturated rings. The lowest BCUT2D eigenvalue weighted by molar-refractivity contribution is 0.722. The summed E-state index contributed by atoms with van der Waals surface area (Å²) < 4.78 is 0. The van der Waals surface area contributed by atoms with Crippen molar-refractivity contribution in [3.05, 3.63) is 84.4 Å². The van der Waals surface area contributed by atoms with Crippen molar-refractivity contribution in [1.82, 2.24) is 9.97 Å². The van der Waals surface area contributed by atoms with Gasteiger partial charge >= 0.3 is 0 Å². The Balaban J connectivity index is 1.73. The summed E-state index contributed by atoms with van der Waals surface area (Å²) in [6, 6.07) is 18.6. The fraction of sp³-hybridized carbons (Fsp3) is 0.111. The van der Waals surface area contributed by atoms with Gasteiger partial charge in [-0.15, -0.1) is 0 Å². The molecular weight excluding hydrogens is 258 g/mol. The molecule has 1 unspecified atom stereocenters. The number of hydrogen-bond acceptors (Lipinski definition) is 3. The van der Waals surface area contributed by atoms with Crippen LogP contribution in [0.25, 0.3) is 11.1 Å². The van der Waals surface area contributed by atoms with Crippen molar-refractivity contribution in [2.75, 3.05) is 0 Å². The maximum atomic E-state index is 6.26. The molecule has 2 N–H and O–H groups in total. The Labute approximate surface area is 124 Å². The van der Waals surface area contributed by atoms with E-state index in [2.05, 4.69) is 46.4 Å². The minimum absolute atomic E-state index is 0.0251. The van der Waals surface area contributed by atoms with Gasteiger partial charge in [0.25, 0.3) is 0 Å². The van der Waals surface area contributed by atoms with Gasteiger partial charge in [0, 0.05) is 24.0 Å². The SMILES string of the molecule is NC(Cc1ccc(-c2cncnc2)cc1)c1ccccc1. The van der Waals surface area contributed by atoms with Crippen LogP contribution in [0.1, 0.15) is 17.2 Å². The number of nitrogens with zero attached hydrogens (tertiary/aromatic N) is 2. The van der Waals surface area contributed by atoms with Crippen molar-refractivity contribution in [2.45, 2.75) is 12.5 Å². The van der Waals surface area contributed by atoms with Gasteiger partial charge in [0.15, 0.2) is 0 Å². The highest BCUT2D eigenvalue weighted by Crippen LogP contribution is 2.20. The average Bonchev–Trinajstić information content (AvgIpc) is 2.57. The fourth-order valence-electron chi connectivity index (χ4n) is 2.35. The molecule has 0 aliphatic carbocycles. The average molecular weight is 275 g/mol. The van der Waals surface area contributed by atoms with Crippen molar-refractivity contribution in [3.63, 3.8) is 0 Å². The van der Waals surface area contributed by atoms with Gasteiger partial charge in [-0.1, -0.05) is 54.6 Å². The Morgan fingerprint density at radius 1 is 0.810 bits per heavy atom. The molecule has 0 bridgehead atoms. The van der Waals surface area contributed by atoms with Gasteiger partial charge in [-0.3, -0.25) is 0 Å². The highest BCUT2D eigenvalue weighted by atomic mass is 14.8. The van der Waals surface area contributed by atoms with Crippen LogP contribution in [0.2, 0.25) is 0 Å². The number of aromatic nitrogens is 2. The molecule has 3 nitrogen and oxygen atoms in total.